The first-order valence-electron chi connectivity index (χ1n) is 5.69. The number of hydrogen-bond donors (Lipinski definition) is 1. The van der Waals surface area contributed by atoms with E-state index in [9.17, 15) is 0 Å². The minimum Gasteiger partial charge on any atom is -0.396 e. The normalized spacial score (nSPS) is 14.5. The zero-order chi connectivity index (χ0) is 11.5. The van der Waals surface area contributed by atoms with Crippen LogP contribution in [0.1, 0.15) is 31.9 Å². The minimum atomic E-state index is 0.333. The van der Waals surface area contributed by atoms with E-state index in [4.69, 9.17) is 11.0 Å². The van der Waals surface area contributed by atoms with Gasteiger partial charge in [0.05, 0.1) is 5.69 Å². The van der Waals surface area contributed by atoms with Crippen molar-refractivity contribution in [3.8, 4) is 6.07 Å². The number of rotatable bonds is 4. The van der Waals surface area contributed by atoms with Crippen LogP contribution >= 0.6 is 0 Å². The summed E-state index contributed by atoms with van der Waals surface area (Å²) in [5.41, 5.74) is 6.45. The molecule has 0 unspecified atom stereocenters. The predicted octanol–water partition coefficient (Wildman–Crippen LogP) is 1.91. The van der Waals surface area contributed by atoms with E-state index in [0.717, 1.165) is 18.8 Å². The molecule has 1 fully saturated rings. The fourth-order valence-corrected chi connectivity index (χ4v) is 1.82. The Bertz CT molecular complexity index is 418. The summed E-state index contributed by atoms with van der Waals surface area (Å²) in [6, 6.07) is 6.32. The summed E-state index contributed by atoms with van der Waals surface area (Å²) in [4.78, 5) is 6.59. The van der Waals surface area contributed by atoms with E-state index >= 15 is 0 Å². The van der Waals surface area contributed by atoms with Gasteiger partial charge in [-0.05, 0) is 31.4 Å². The van der Waals surface area contributed by atoms with Crippen LogP contribution in [0.25, 0.3) is 0 Å². The maximum atomic E-state index is 8.90. The monoisotopic (exact) mass is 216 g/mol. The van der Waals surface area contributed by atoms with Gasteiger partial charge in [0, 0.05) is 12.6 Å². The average Bonchev–Trinajstić information content (AvgIpc) is 3.11. The topological polar surface area (TPSA) is 65.9 Å². The molecule has 1 saturated carbocycles. The van der Waals surface area contributed by atoms with E-state index in [1.165, 1.54) is 12.8 Å². The third-order valence-electron chi connectivity index (χ3n) is 2.76. The van der Waals surface area contributed by atoms with Crippen LogP contribution in [0.4, 0.5) is 11.5 Å². The Morgan fingerprint density at radius 1 is 1.56 bits per heavy atom. The Labute approximate surface area is 95.7 Å². The highest BCUT2D eigenvalue weighted by Gasteiger charge is 2.29. The van der Waals surface area contributed by atoms with Crippen molar-refractivity contribution in [2.24, 2.45) is 0 Å². The van der Waals surface area contributed by atoms with Crippen molar-refractivity contribution in [1.29, 1.82) is 5.26 Å². The quantitative estimate of drug-likeness (QED) is 0.835. The molecule has 1 heterocycles. The molecule has 0 atom stereocenters. The van der Waals surface area contributed by atoms with E-state index in [-0.39, 0.29) is 0 Å². The summed E-state index contributed by atoms with van der Waals surface area (Å²) >= 11 is 0. The number of nitrogen functional groups attached to an aromatic ring is 1. The number of hydrogen-bond acceptors (Lipinski definition) is 4. The molecule has 1 aromatic rings. The molecule has 0 aliphatic heterocycles. The average molecular weight is 216 g/mol. The van der Waals surface area contributed by atoms with Gasteiger partial charge in [0.1, 0.15) is 11.9 Å². The Kier molecular flexibility index (Phi) is 2.95. The van der Waals surface area contributed by atoms with E-state index in [2.05, 4.69) is 16.8 Å². The lowest BCUT2D eigenvalue weighted by Crippen LogP contribution is -2.27. The SMILES string of the molecule is CCCN(c1ccc(N)c(C#N)n1)C1CC1. The fourth-order valence-electron chi connectivity index (χ4n) is 1.82. The highest BCUT2D eigenvalue weighted by atomic mass is 15.2. The van der Waals surface area contributed by atoms with Crippen LogP contribution in [0.5, 0.6) is 0 Å². The predicted molar refractivity (Wildman–Crippen MR) is 64.0 cm³/mol. The zero-order valence-electron chi connectivity index (χ0n) is 9.48. The number of anilines is 2. The second kappa shape index (κ2) is 4.40. The van der Waals surface area contributed by atoms with Crippen LogP contribution in [-0.4, -0.2) is 17.6 Å². The summed E-state index contributed by atoms with van der Waals surface area (Å²) in [5, 5.41) is 8.90. The number of pyridine rings is 1. The summed E-state index contributed by atoms with van der Waals surface area (Å²) < 4.78 is 0. The molecule has 84 valence electrons. The van der Waals surface area contributed by atoms with Gasteiger partial charge in [0.2, 0.25) is 0 Å². The molecular formula is C12H16N4. The van der Waals surface area contributed by atoms with Gasteiger partial charge in [-0.1, -0.05) is 6.92 Å². The van der Waals surface area contributed by atoms with Gasteiger partial charge in [-0.25, -0.2) is 4.98 Å². The van der Waals surface area contributed by atoms with Crippen molar-refractivity contribution in [1.82, 2.24) is 4.98 Å². The van der Waals surface area contributed by atoms with Gasteiger partial charge in [-0.15, -0.1) is 0 Å². The minimum absolute atomic E-state index is 0.333. The summed E-state index contributed by atoms with van der Waals surface area (Å²) in [7, 11) is 0. The smallest absolute Gasteiger partial charge is 0.165 e. The molecule has 2 rings (SSSR count). The van der Waals surface area contributed by atoms with Crippen molar-refractivity contribution in [3.05, 3.63) is 17.8 Å². The molecule has 0 amide bonds. The Morgan fingerprint density at radius 3 is 2.88 bits per heavy atom. The van der Waals surface area contributed by atoms with Crippen molar-refractivity contribution < 1.29 is 0 Å². The second-order valence-corrected chi connectivity index (χ2v) is 4.14. The second-order valence-electron chi connectivity index (χ2n) is 4.14. The highest BCUT2D eigenvalue weighted by Crippen LogP contribution is 2.31. The molecule has 16 heavy (non-hydrogen) atoms. The van der Waals surface area contributed by atoms with E-state index in [0.29, 0.717) is 17.4 Å². The molecule has 0 aromatic carbocycles. The van der Waals surface area contributed by atoms with Crippen molar-refractivity contribution >= 4 is 11.5 Å². The molecule has 0 radical (unpaired) electrons. The first kappa shape index (κ1) is 10.7. The molecule has 2 N–H and O–H groups in total. The molecule has 1 aliphatic carbocycles. The zero-order valence-corrected chi connectivity index (χ0v) is 9.48. The third-order valence-corrected chi connectivity index (χ3v) is 2.76. The van der Waals surface area contributed by atoms with Gasteiger partial charge in [-0.3, -0.25) is 0 Å². The van der Waals surface area contributed by atoms with Gasteiger partial charge in [0.25, 0.3) is 0 Å². The fraction of sp³-hybridized carbons (Fsp3) is 0.500. The van der Waals surface area contributed by atoms with E-state index in [1.807, 2.05) is 12.1 Å². The molecule has 1 aliphatic rings. The Hall–Kier alpha value is -1.76. The molecule has 4 nitrogen and oxygen atoms in total. The van der Waals surface area contributed by atoms with Crippen molar-refractivity contribution in [2.75, 3.05) is 17.2 Å². The van der Waals surface area contributed by atoms with Crippen molar-refractivity contribution in [2.45, 2.75) is 32.2 Å². The maximum absolute atomic E-state index is 8.90. The van der Waals surface area contributed by atoms with Crippen LogP contribution in [-0.2, 0) is 0 Å². The standard InChI is InChI=1S/C12H16N4/c1-2-7-16(9-3-4-9)12-6-5-10(14)11(8-13)15-12/h5-6,9H,2-4,7,14H2,1H3. The number of nitrogens with zero attached hydrogens (tertiary/aromatic N) is 3. The lowest BCUT2D eigenvalue weighted by Gasteiger charge is -2.23. The Morgan fingerprint density at radius 2 is 2.31 bits per heavy atom. The molecule has 0 saturated heterocycles. The number of nitriles is 1. The van der Waals surface area contributed by atoms with Crippen molar-refractivity contribution in [3.63, 3.8) is 0 Å². The third kappa shape index (κ3) is 2.08. The molecule has 1 aromatic heterocycles. The lowest BCUT2D eigenvalue weighted by atomic mass is 10.3. The van der Waals surface area contributed by atoms with Crippen LogP contribution in [0, 0.1) is 11.3 Å². The van der Waals surface area contributed by atoms with Crippen LogP contribution in [0.3, 0.4) is 0 Å². The largest absolute Gasteiger partial charge is 0.396 e. The van der Waals surface area contributed by atoms with Gasteiger partial charge in [0.15, 0.2) is 5.69 Å². The van der Waals surface area contributed by atoms with Gasteiger partial charge < -0.3 is 10.6 Å². The van der Waals surface area contributed by atoms with E-state index in [1.54, 1.807) is 6.07 Å². The van der Waals surface area contributed by atoms with E-state index < -0.39 is 0 Å². The number of nitrogens with two attached hydrogens (primary N) is 1. The van der Waals surface area contributed by atoms with Gasteiger partial charge in [-0.2, -0.15) is 5.26 Å². The maximum Gasteiger partial charge on any atom is 0.165 e. The number of aromatic nitrogens is 1. The van der Waals surface area contributed by atoms with Crippen LogP contribution in [0.15, 0.2) is 12.1 Å². The summed E-state index contributed by atoms with van der Waals surface area (Å²) in [6.45, 7) is 3.14. The first-order valence-corrected chi connectivity index (χ1v) is 5.69. The molecule has 0 spiro atoms. The summed E-state index contributed by atoms with van der Waals surface area (Å²) in [5.74, 6) is 0.884. The molecule has 0 bridgehead atoms. The van der Waals surface area contributed by atoms with Crippen LogP contribution in [0.2, 0.25) is 0 Å². The molecule has 4 heteroatoms. The highest BCUT2D eigenvalue weighted by molar-refractivity contribution is 5.56. The summed E-state index contributed by atoms with van der Waals surface area (Å²) in [6.07, 6.45) is 3.55. The van der Waals surface area contributed by atoms with Crippen LogP contribution < -0.4 is 10.6 Å². The Balaban J connectivity index is 2.27. The first-order chi connectivity index (χ1) is 7.76. The molecular weight excluding hydrogens is 200 g/mol. The lowest BCUT2D eigenvalue weighted by molar-refractivity contribution is 0.750. The van der Waals surface area contributed by atoms with Gasteiger partial charge >= 0.3 is 0 Å².